The number of rotatable bonds is 7. The van der Waals surface area contributed by atoms with Gasteiger partial charge in [-0.2, -0.15) is 0 Å². The maximum atomic E-state index is 5.43. The second-order valence-electron chi connectivity index (χ2n) is 4.10. The average molecular weight is 286 g/mol. The molecule has 6 heteroatoms. The van der Waals surface area contributed by atoms with Crippen LogP contribution in [-0.2, 0) is 19.3 Å². The van der Waals surface area contributed by atoms with Crippen molar-refractivity contribution in [3.63, 3.8) is 0 Å². The van der Waals surface area contributed by atoms with Gasteiger partial charge in [0.15, 0.2) is 0 Å². The van der Waals surface area contributed by atoms with Gasteiger partial charge >= 0.3 is 8.80 Å². The molecule has 0 heterocycles. The molecule has 0 aliphatic rings. The van der Waals surface area contributed by atoms with E-state index in [2.05, 4.69) is 0 Å². The summed E-state index contributed by atoms with van der Waals surface area (Å²) in [6, 6.07) is 4.47. The molecule has 0 atom stereocenters. The Labute approximate surface area is 115 Å². The van der Waals surface area contributed by atoms with Gasteiger partial charge in [0.05, 0.1) is 14.2 Å². The summed E-state index contributed by atoms with van der Waals surface area (Å²) in [6.45, 7) is 1.95. The first-order valence-corrected chi connectivity index (χ1v) is 7.86. The normalized spacial score (nSPS) is 11.5. The predicted octanol–water partition coefficient (Wildman–Crippen LogP) is 1.97. The Balaban J connectivity index is 3.13. The van der Waals surface area contributed by atoms with E-state index < -0.39 is 8.80 Å². The summed E-state index contributed by atoms with van der Waals surface area (Å²) in [5.41, 5.74) is 1.96. The maximum Gasteiger partial charge on any atom is 0.504 e. The van der Waals surface area contributed by atoms with Gasteiger partial charge < -0.3 is 22.8 Å². The fourth-order valence-corrected chi connectivity index (χ4v) is 3.60. The van der Waals surface area contributed by atoms with Crippen LogP contribution in [0.1, 0.15) is 11.1 Å². The van der Waals surface area contributed by atoms with Crippen molar-refractivity contribution in [1.82, 2.24) is 0 Å². The molecule has 0 aliphatic carbocycles. The van der Waals surface area contributed by atoms with E-state index in [1.807, 2.05) is 19.1 Å². The first-order chi connectivity index (χ1) is 9.05. The highest BCUT2D eigenvalue weighted by atomic mass is 28.4. The molecule has 108 valence electrons. The van der Waals surface area contributed by atoms with E-state index in [-0.39, 0.29) is 0 Å². The van der Waals surface area contributed by atoms with Crippen LogP contribution in [0.4, 0.5) is 0 Å². The van der Waals surface area contributed by atoms with Gasteiger partial charge in [-0.1, -0.05) is 0 Å². The molecule has 0 radical (unpaired) electrons. The molecule has 0 fully saturated rings. The molecule has 19 heavy (non-hydrogen) atoms. The van der Waals surface area contributed by atoms with Crippen LogP contribution in [0.3, 0.4) is 0 Å². The summed E-state index contributed by atoms with van der Waals surface area (Å²) in [4.78, 5) is 0. The smallest absolute Gasteiger partial charge is 0.496 e. The van der Waals surface area contributed by atoms with E-state index in [1.165, 1.54) is 0 Å². The highest BCUT2D eigenvalue weighted by molar-refractivity contribution is 6.60. The van der Waals surface area contributed by atoms with Crippen LogP contribution in [0, 0.1) is 6.92 Å². The molecule has 0 N–H and O–H groups in total. The molecule has 0 aromatic heterocycles. The van der Waals surface area contributed by atoms with Crippen LogP contribution in [-0.4, -0.2) is 44.4 Å². The first-order valence-electron chi connectivity index (χ1n) is 5.92. The molecular formula is C13H22O5Si. The topological polar surface area (TPSA) is 46.2 Å². The summed E-state index contributed by atoms with van der Waals surface area (Å²) in [5, 5.41) is 0. The van der Waals surface area contributed by atoms with Crippen molar-refractivity contribution in [3.8, 4) is 11.5 Å². The largest absolute Gasteiger partial charge is 0.504 e. The summed E-state index contributed by atoms with van der Waals surface area (Å²) < 4.78 is 27.0. The highest BCUT2D eigenvalue weighted by Crippen LogP contribution is 2.31. The lowest BCUT2D eigenvalue weighted by Crippen LogP contribution is -2.45. The highest BCUT2D eigenvalue weighted by Gasteiger charge is 2.38. The van der Waals surface area contributed by atoms with Gasteiger partial charge in [0.1, 0.15) is 11.5 Å². The average Bonchev–Trinajstić information content (AvgIpc) is 2.46. The zero-order valence-corrected chi connectivity index (χ0v) is 13.4. The van der Waals surface area contributed by atoms with Gasteiger partial charge in [0.25, 0.3) is 0 Å². The Bertz CT molecular complexity index is 384. The van der Waals surface area contributed by atoms with Crippen LogP contribution >= 0.6 is 0 Å². The van der Waals surface area contributed by atoms with E-state index in [4.69, 9.17) is 22.8 Å². The Hall–Kier alpha value is -1.08. The summed E-state index contributed by atoms with van der Waals surface area (Å²) in [6.07, 6.45) is 0. The lowest BCUT2D eigenvalue weighted by molar-refractivity contribution is 0.122. The summed E-state index contributed by atoms with van der Waals surface area (Å²) in [7, 11) is 5.42. The van der Waals surface area contributed by atoms with Crippen molar-refractivity contribution >= 4 is 8.80 Å². The fourth-order valence-electron chi connectivity index (χ4n) is 1.96. The van der Waals surface area contributed by atoms with Gasteiger partial charge in [-0.15, -0.1) is 0 Å². The van der Waals surface area contributed by atoms with E-state index in [1.54, 1.807) is 35.5 Å². The lowest BCUT2D eigenvalue weighted by Gasteiger charge is -2.25. The number of methoxy groups -OCH3 is 2. The third-order valence-electron chi connectivity index (χ3n) is 3.17. The third-order valence-corrected chi connectivity index (χ3v) is 5.87. The van der Waals surface area contributed by atoms with Crippen LogP contribution < -0.4 is 9.47 Å². The second kappa shape index (κ2) is 6.90. The molecule has 0 spiro atoms. The first kappa shape index (κ1) is 16.0. The lowest BCUT2D eigenvalue weighted by atomic mass is 10.1. The fraction of sp³-hybridized carbons (Fsp3) is 0.538. The summed E-state index contributed by atoms with van der Waals surface area (Å²) >= 11 is 0. The molecule has 0 bridgehead atoms. The zero-order chi connectivity index (χ0) is 14.5. The van der Waals surface area contributed by atoms with Gasteiger partial charge in [-0.3, -0.25) is 0 Å². The molecule has 1 aromatic rings. The van der Waals surface area contributed by atoms with E-state index >= 15 is 0 Å². The minimum atomic E-state index is -2.66. The second-order valence-corrected chi connectivity index (χ2v) is 7.04. The van der Waals surface area contributed by atoms with Crippen molar-refractivity contribution in [2.45, 2.75) is 13.0 Å². The van der Waals surface area contributed by atoms with Crippen LogP contribution in [0.2, 0.25) is 0 Å². The van der Waals surface area contributed by atoms with Gasteiger partial charge in [0, 0.05) is 32.9 Å². The zero-order valence-electron chi connectivity index (χ0n) is 12.4. The van der Waals surface area contributed by atoms with Gasteiger partial charge in [-0.25, -0.2) is 0 Å². The third kappa shape index (κ3) is 3.47. The van der Waals surface area contributed by atoms with Gasteiger partial charge in [-0.05, 0) is 24.6 Å². The quantitative estimate of drug-likeness (QED) is 0.717. The molecule has 0 saturated carbocycles. The number of ether oxygens (including phenoxy) is 2. The van der Waals surface area contributed by atoms with E-state index in [0.717, 1.165) is 22.6 Å². The van der Waals surface area contributed by atoms with Crippen molar-refractivity contribution in [1.29, 1.82) is 0 Å². The van der Waals surface area contributed by atoms with Crippen molar-refractivity contribution in [2.24, 2.45) is 0 Å². The van der Waals surface area contributed by atoms with Crippen molar-refractivity contribution in [3.05, 3.63) is 23.3 Å². The molecule has 1 aromatic carbocycles. The van der Waals surface area contributed by atoms with E-state index in [9.17, 15) is 0 Å². The van der Waals surface area contributed by atoms with Crippen molar-refractivity contribution in [2.75, 3.05) is 35.5 Å². The molecule has 0 saturated heterocycles. The Morgan fingerprint density at radius 1 is 0.842 bits per heavy atom. The monoisotopic (exact) mass is 286 g/mol. The molecule has 0 amide bonds. The van der Waals surface area contributed by atoms with Crippen LogP contribution in [0.25, 0.3) is 0 Å². The SMILES string of the molecule is COc1cc(C[Si](OC)(OC)OC)cc(OC)c1C. The van der Waals surface area contributed by atoms with E-state index in [0.29, 0.717) is 6.04 Å². The standard InChI is InChI=1S/C13H22O5Si/c1-10-12(14-2)7-11(8-13(10)15-3)9-19(16-4,17-5)18-6/h7-8H,9H2,1-6H3. The molecule has 5 nitrogen and oxygen atoms in total. The minimum Gasteiger partial charge on any atom is -0.496 e. The van der Waals surface area contributed by atoms with Crippen molar-refractivity contribution < 1.29 is 22.8 Å². The number of hydrogen-bond donors (Lipinski definition) is 0. The molecule has 0 unspecified atom stereocenters. The van der Waals surface area contributed by atoms with Gasteiger partial charge in [0.2, 0.25) is 0 Å². The molecular weight excluding hydrogens is 264 g/mol. The Morgan fingerprint density at radius 2 is 1.26 bits per heavy atom. The summed E-state index contributed by atoms with van der Waals surface area (Å²) in [5.74, 6) is 1.56. The predicted molar refractivity (Wildman–Crippen MR) is 74.8 cm³/mol. The number of benzene rings is 1. The minimum absolute atomic E-state index is 0.559. The van der Waals surface area contributed by atoms with Crippen LogP contribution in [0.15, 0.2) is 12.1 Å². The Kier molecular flexibility index (Phi) is 5.80. The maximum absolute atomic E-state index is 5.43. The molecule has 1 rings (SSSR count). The Morgan fingerprint density at radius 3 is 1.58 bits per heavy atom. The molecule has 0 aliphatic heterocycles. The van der Waals surface area contributed by atoms with Crippen LogP contribution in [0.5, 0.6) is 11.5 Å². The number of hydrogen-bond acceptors (Lipinski definition) is 5.